The summed E-state index contributed by atoms with van der Waals surface area (Å²) < 4.78 is 17.9. The van der Waals surface area contributed by atoms with E-state index >= 15 is 0 Å². The maximum atomic E-state index is 10.7. The third-order valence-corrected chi connectivity index (χ3v) is 3.82. The minimum Gasteiger partial charge on any atom is -0.489 e. The topological polar surface area (TPSA) is 44.8 Å². The van der Waals surface area contributed by atoms with Gasteiger partial charge in [-0.25, -0.2) is 0 Å². The van der Waals surface area contributed by atoms with Gasteiger partial charge in [0, 0.05) is 12.2 Å². The number of unbranched alkanes of at least 4 members (excludes halogenated alkanes) is 1. The number of aldehydes is 1. The lowest BCUT2D eigenvalue weighted by molar-refractivity contribution is 0.0354. The molecule has 1 aromatic carbocycles. The minimum atomic E-state index is 0.437. The van der Waals surface area contributed by atoms with Gasteiger partial charge in [0.1, 0.15) is 18.6 Å². The Bertz CT molecular complexity index is 416. The highest BCUT2D eigenvalue weighted by atomic mass is 79.9. The summed E-state index contributed by atoms with van der Waals surface area (Å²) in [5, 5.41) is 0. The van der Waals surface area contributed by atoms with Gasteiger partial charge in [-0.3, -0.25) is 4.79 Å². The molecule has 0 radical (unpaired) electrons. The molecule has 146 valence electrons. The smallest absolute Gasteiger partial charge is 0.150 e. The lowest BCUT2D eigenvalue weighted by atomic mass is 10.2. The van der Waals surface area contributed by atoms with E-state index in [0.717, 1.165) is 34.7 Å². The molecule has 25 heavy (non-hydrogen) atoms. The second-order valence-electron chi connectivity index (χ2n) is 4.36. The first-order valence-electron chi connectivity index (χ1n) is 8.91. The number of carbonyl (C=O) groups is 1. The van der Waals surface area contributed by atoms with Crippen molar-refractivity contribution in [3.8, 4) is 5.75 Å². The average molecular weight is 484 g/mol. The fourth-order valence-corrected chi connectivity index (χ4v) is 3.01. The number of rotatable bonds is 11. The molecule has 0 bridgehead atoms. The van der Waals surface area contributed by atoms with Crippen LogP contribution in [0.3, 0.4) is 0 Å². The third-order valence-electron chi connectivity index (χ3n) is 2.65. The Kier molecular flexibility index (Phi) is 21.3. The van der Waals surface area contributed by atoms with E-state index in [1.54, 1.807) is 12.1 Å². The fourth-order valence-electron chi connectivity index (χ4n) is 1.56. The number of benzene rings is 1. The van der Waals surface area contributed by atoms with Crippen molar-refractivity contribution in [1.82, 2.24) is 0 Å². The summed E-state index contributed by atoms with van der Waals surface area (Å²) in [4.78, 5) is 10.7. The van der Waals surface area contributed by atoms with Crippen molar-refractivity contribution in [2.24, 2.45) is 0 Å². The molecular formula is C19H32Br2O4. The quantitative estimate of drug-likeness (QED) is 0.274. The van der Waals surface area contributed by atoms with E-state index in [0.29, 0.717) is 37.7 Å². The molecule has 0 aromatic heterocycles. The summed E-state index contributed by atoms with van der Waals surface area (Å²) in [5.74, 6) is 0.670. The molecule has 0 unspecified atom stereocenters. The molecule has 1 rings (SSSR count). The Morgan fingerprint density at radius 3 is 1.84 bits per heavy atom. The summed E-state index contributed by atoms with van der Waals surface area (Å²) in [6.07, 6.45) is 3.02. The Labute approximate surface area is 169 Å². The van der Waals surface area contributed by atoms with Crippen molar-refractivity contribution < 1.29 is 19.0 Å². The molecule has 0 saturated carbocycles. The normalized spacial score (nSPS) is 9.40. The van der Waals surface area contributed by atoms with Crippen LogP contribution in [0.15, 0.2) is 21.1 Å². The van der Waals surface area contributed by atoms with Crippen LogP contribution >= 0.6 is 31.9 Å². The van der Waals surface area contributed by atoms with Crippen molar-refractivity contribution in [3.05, 3.63) is 26.6 Å². The summed E-state index contributed by atoms with van der Waals surface area (Å²) in [6.45, 7) is 13.0. The molecular weight excluding hydrogens is 452 g/mol. The summed E-state index contributed by atoms with van der Waals surface area (Å²) in [6, 6.07) is 3.44. The SMILES string of the molecule is CC.CC.CCCCOCCOCCOc1c(Br)cc(C=O)cc1Br. The van der Waals surface area contributed by atoms with E-state index in [4.69, 9.17) is 14.2 Å². The predicted octanol–water partition coefficient (Wildman–Crippen LogP) is 6.29. The number of carbonyl (C=O) groups excluding carboxylic acids is 1. The zero-order chi connectivity index (χ0) is 19.5. The average Bonchev–Trinajstić information content (AvgIpc) is 2.65. The highest BCUT2D eigenvalue weighted by molar-refractivity contribution is 9.11. The van der Waals surface area contributed by atoms with Gasteiger partial charge in [0.15, 0.2) is 0 Å². The highest BCUT2D eigenvalue weighted by Gasteiger charge is 2.08. The van der Waals surface area contributed by atoms with Crippen molar-refractivity contribution in [2.45, 2.75) is 47.5 Å². The molecule has 0 fully saturated rings. The van der Waals surface area contributed by atoms with Crippen LogP contribution in [0.1, 0.15) is 57.8 Å². The van der Waals surface area contributed by atoms with Gasteiger partial charge >= 0.3 is 0 Å². The number of halogens is 2. The molecule has 0 aliphatic rings. The second-order valence-corrected chi connectivity index (χ2v) is 6.07. The van der Waals surface area contributed by atoms with Crippen LogP contribution in [0.2, 0.25) is 0 Å². The first-order valence-corrected chi connectivity index (χ1v) is 10.5. The molecule has 0 heterocycles. The van der Waals surface area contributed by atoms with Gasteiger partial charge < -0.3 is 14.2 Å². The maximum Gasteiger partial charge on any atom is 0.150 e. The number of ether oxygens (including phenoxy) is 3. The second kappa shape index (κ2) is 19.9. The van der Waals surface area contributed by atoms with Crippen molar-refractivity contribution in [2.75, 3.05) is 33.0 Å². The molecule has 0 saturated heterocycles. The largest absolute Gasteiger partial charge is 0.489 e. The Morgan fingerprint density at radius 1 is 0.880 bits per heavy atom. The Balaban J connectivity index is 0. The molecule has 0 aliphatic carbocycles. The summed E-state index contributed by atoms with van der Waals surface area (Å²) >= 11 is 6.76. The molecule has 0 aliphatic heterocycles. The summed E-state index contributed by atoms with van der Waals surface area (Å²) in [7, 11) is 0. The van der Waals surface area contributed by atoms with Crippen LogP contribution in [-0.2, 0) is 9.47 Å². The first-order chi connectivity index (χ1) is 12.2. The number of hydrogen-bond acceptors (Lipinski definition) is 4. The maximum absolute atomic E-state index is 10.7. The molecule has 0 amide bonds. The van der Waals surface area contributed by atoms with Gasteiger partial charge in [-0.05, 0) is 50.4 Å². The lowest BCUT2D eigenvalue weighted by Crippen LogP contribution is -2.11. The first kappa shape index (κ1) is 26.8. The Morgan fingerprint density at radius 2 is 1.36 bits per heavy atom. The zero-order valence-electron chi connectivity index (χ0n) is 16.1. The van der Waals surface area contributed by atoms with Gasteiger partial charge in [-0.15, -0.1) is 0 Å². The van der Waals surface area contributed by atoms with E-state index in [9.17, 15) is 4.79 Å². The van der Waals surface area contributed by atoms with Crippen LogP contribution in [0.5, 0.6) is 5.75 Å². The molecule has 6 heteroatoms. The van der Waals surface area contributed by atoms with Gasteiger partial charge in [-0.1, -0.05) is 41.0 Å². The molecule has 1 aromatic rings. The predicted molar refractivity (Wildman–Crippen MR) is 112 cm³/mol. The van der Waals surface area contributed by atoms with Crippen molar-refractivity contribution >= 4 is 38.1 Å². The number of hydrogen-bond donors (Lipinski definition) is 0. The molecule has 0 atom stereocenters. The summed E-state index contributed by atoms with van der Waals surface area (Å²) in [5.41, 5.74) is 0.585. The van der Waals surface area contributed by atoms with Crippen LogP contribution in [-0.4, -0.2) is 39.3 Å². The Hall–Kier alpha value is -0.430. The van der Waals surface area contributed by atoms with Gasteiger partial charge in [0.25, 0.3) is 0 Å². The van der Waals surface area contributed by atoms with Crippen LogP contribution in [0, 0.1) is 0 Å². The van der Waals surface area contributed by atoms with E-state index in [1.807, 2.05) is 27.7 Å². The van der Waals surface area contributed by atoms with Gasteiger partial charge in [0.2, 0.25) is 0 Å². The van der Waals surface area contributed by atoms with Crippen LogP contribution in [0.25, 0.3) is 0 Å². The molecule has 0 spiro atoms. The standard InChI is InChI=1S/C15H20Br2O4.2C2H6/c1-2-3-4-19-5-6-20-7-8-21-15-13(16)9-12(11-18)10-14(15)17;2*1-2/h9-11H,2-8H2,1H3;2*1-2H3. The van der Waals surface area contributed by atoms with Crippen molar-refractivity contribution in [3.63, 3.8) is 0 Å². The fraction of sp³-hybridized carbons (Fsp3) is 0.632. The van der Waals surface area contributed by atoms with Gasteiger partial charge in [0.05, 0.1) is 28.8 Å². The van der Waals surface area contributed by atoms with E-state index in [1.165, 1.54) is 0 Å². The molecule has 4 nitrogen and oxygen atoms in total. The highest BCUT2D eigenvalue weighted by Crippen LogP contribution is 2.34. The van der Waals surface area contributed by atoms with Gasteiger partial charge in [-0.2, -0.15) is 0 Å². The minimum absolute atomic E-state index is 0.437. The zero-order valence-corrected chi connectivity index (χ0v) is 19.2. The lowest BCUT2D eigenvalue weighted by Gasteiger charge is -2.11. The van der Waals surface area contributed by atoms with E-state index in [-0.39, 0.29) is 0 Å². The van der Waals surface area contributed by atoms with Crippen molar-refractivity contribution in [1.29, 1.82) is 0 Å². The van der Waals surface area contributed by atoms with Crippen LogP contribution < -0.4 is 4.74 Å². The van der Waals surface area contributed by atoms with E-state index in [2.05, 4.69) is 38.8 Å². The molecule has 0 N–H and O–H groups in total. The van der Waals surface area contributed by atoms with Crippen LogP contribution in [0.4, 0.5) is 0 Å². The third kappa shape index (κ3) is 13.4. The van der Waals surface area contributed by atoms with E-state index < -0.39 is 0 Å². The monoisotopic (exact) mass is 482 g/mol.